The summed E-state index contributed by atoms with van der Waals surface area (Å²) in [5, 5.41) is 24.6. The molecular formula is C25H23N5O6. The summed E-state index contributed by atoms with van der Waals surface area (Å²) in [6, 6.07) is 15.3. The third-order valence-corrected chi connectivity index (χ3v) is 5.51. The highest BCUT2D eigenvalue weighted by molar-refractivity contribution is 6.12. The standard InChI is InChI=1S/C25H23N5O6/c1-14(26)29-36-24(31)10-4-15-3-8-19-21(11-15)28-25(32)18-7-5-16(12-20(18)27-19)17-6-9-22(30(33)34)23(13-17)35-2/h3,5-9,11-13,27H,4,10H2,1-2H3,(H2,26,29)(H,28,32). The highest BCUT2D eigenvalue weighted by Crippen LogP contribution is 2.37. The lowest BCUT2D eigenvalue weighted by molar-refractivity contribution is -0.385. The molecule has 11 nitrogen and oxygen atoms in total. The van der Waals surface area contributed by atoms with Crippen molar-refractivity contribution >= 4 is 40.5 Å². The van der Waals surface area contributed by atoms with Crippen molar-refractivity contribution in [3.63, 3.8) is 0 Å². The molecule has 0 fully saturated rings. The molecule has 36 heavy (non-hydrogen) atoms. The first kappa shape index (κ1) is 24.2. The molecule has 0 radical (unpaired) electrons. The third kappa shape index (κ3) is 5.25. The number of fused-ring (bicyclic) bond motifs is 2. The van der Waals surface area contributed by atoms with Crippen molar-refractivity contribution in [3.05, 3.63) is 75.8 Å². The highest BCUT2D eigenvalue weighted by atomic mass is 16.7. The van der Waals surface area contributed by atoms with E-state index >= 15 is 0 Å². The quantitative estimate of drug-likeness (QED) is 0.170. The Bertz CT molecular complexity index is 1390. The molecule has 0 atom stereocenters. The van der Waals surface area contributed by atoms with Gasteiger partial charge in [-0.15, -0.1) is 0 Å². The summed E-state index contributed by atoms with van der Waals surface area (Å²) in [7, 11) is 1.37. The molecule has 0 bridgehead atoms. The Morgan fingerprint density at radius 3 is 2.50 bits per heavy atom. The van der Waals surface area contributed by atoms with Gasteiger partial charge in [0, 0.05) is 6.07 Å². The van der Waals surface area contributed by atoms with Crippen molar-refractivity contribution in [2.45, 2.75) is 19.8 Å². The predicted molar refractivity (Wildman–Crippen MR) is 134 cm³/mol. The highest BCUT2D eigenvalue weighted by Gasteiger charge is 2.21. The first-order valence-electron chi connectivity index (χ1n) is 10.9. The van der Waals surface area contributed by atoms with Gasteiger partial charge in [0.25, 0.3) is 5.91 Å². The van der Waals surface area contributed by atoms with Gasteiger partial charge in [0.2, 0.25) is 0 Å². The number of hydrogen-bond donors (Lipinski definition) is 4. The van der Waals surface area contributed by atoms with Crippen molar-refractivity contribution < 1.29 is 24.1 Å². The Morgan fingerprint density at radius 2 is 1.78 bits per heavy atom. The maximum Gasteiger partial charge on any atom is 0.332 e. The number of anilines is 3. The van der Waals surface area contributed by atoms with E-state index in [4.69, 9.17) is 15.0 Å². The number of rotatable bonds is 6. The number of methoxy groups -OCH3 is 1. The Morgan fingerprint density at radius 1 is 1.03 bits per heavy atom. The Balaban J connectivity index is 1.57. The van der Waals surface area contributed by atoms with E-state index in [0.29, 0.717) is 34.6 Å². The first-order valence-corrected chi connectivity index (χ1v) is 10.9. The summed E-state index contributed by atoms with van der Waals surface area (Å²) < 4.78 is 5.17. The minimum atomic E-state index is -0.506. The largest absolute Gasteiger partial charge is 0.490 e. The molecule has 0 saturated heterocycles. The second-order valence-electron chi connectivity index (χ2n) is 8.06. The van der Waals surface area contributed by atoms with Gasteiger partial charge in [-0.25, -0.2) is 10.3 Å². The van der Waals surface area contributed by atoms with Crippen LogP contribution in [0.1, 0.15) is 29.3 Å². The number of nitrogens with one attached hydrogen (secondary N) is 4. The summed E-state index contributed by atoms with van der Waals surface area (Å²) >= 11 is 0. The van der Waals surface area contributed by atoms with Gasteiger partial charge in [-0.3, -0.25) is 20.3 Å². The van der Waals surface area contributed by atoms with E-state index in [-0.39, 0.29) is 29.6 Å². The van der Waals surface area contributed by atoms with Crippen LogP contribution >= 0.6 is 0 Å². The molecular weight excluding hydrogens is 466 g/mol. The van der Waals surface area contributed by atoms with E-state index in [1.807, 2.05) is 12.1 Å². The number of amidine groups is 1. The van der Waals surface area contributed by atoms with Gasteiger partial charge < -0.3 is 20.2 Å². The smallest absolute Gasteiger partial charge is 0.332 e. The molecule has 184 valence electrons. The molecule has 1 aliphatic rings. The molecule has 0 spiro atoms. The second kappa shape index (κ2) is 10.1. The average Bonchev–Trinajstić information content (AvgIpc) is 3.00. The number of amides is 1. The van der Waals surface area contributed by atoms with Gasteiger partial charge in [-0.1, -0.05) is 12.1 Å². The lowest BCUT2D eigenvalue weighted by Gasteiger charge is -2.12. The lowest BCUT2D eigenvalue weighted by atomic mass is 10.0. The number of aryl methyl sites for hydroxylation is 1. The molecule has 0 unspecified atom stereocenters. The Hall–Kier alpha value is -4.93. The number of nitrogens with zero attached hydrogens (tertiary/aromatic N) is 1. The lowest BCUT2D eigenvalue weighted by Crippen LogP contribution is -2.24. The Kier molecular flexibility index (Phi) is 6.81. The number of hydroxylamine groups is 1. The van der Waals surface area contributed by atoms with E-state index in [0.717, 1.165) is 11.1 Å². The predicted octanol–water partition coefficient (Wildman–Crippen LogP) is 4.56. The van der Waals surface area contributed by atoms with Gasteiger partial charge in [0.05, 0.1) is 41.1 Å². The summed E-state index contributed by atoms with van der Waals surface area (Å²) in [4.78, 5) is 40.2. The van der Waals surface area contributed by atoms with Crippen LogP contribution in [-0.2, 0) is 16.1 Å². The maximum absolute atomic E-state index is 12.9. The zero-order chi connectivity index (χ0) is 25.8. The van der Waals surface area contributed by atoms with E-state index < -0.39 is 10.9 Å². The summed E-state index contributed by atoms with van der Waals surface area (Å²) in [5.74, 6) is -0.630. The summed E-state index contributed by atoms with van der Waals surface area (Å²) in [5.41, 5.74) is 6.59. The zero-order valence-electron chi connectivity index (χ0n) is 19.5. The number of hydrogen-bond acceptors (Lipinski definition) is 8. The van der Waals surface area contributed by atoms with Crippen LogP contribution in [0.25, 0.3) is 11.1 Å². The van der Waals surface area contributed by atoms with Crippen LogP contribution in [0.2, 0.25) is 0 Å². The number of carbonyl (C=O) groups excluding carboxylic acids is 2. The normalized spacial score (nSPS) is 11.7. The van der Waals surface area contributed by atoms with Gasteiger partial charge >= 0.3 is 11.7 Å². The van der Waals surface area contributed by atoms with Crippen molar-refractivity contribution in [2.24, 2.45) is 0 Å². The molecule has 0 saturated carbocycles. The summed E-state index contributed by atoms with van der Waals surface area (Å²) in [6.45, 7) is 1.46. The number of carbonyl (C=O) groups is 2. The molecule has 11 heteroatoms. The number of nitro groups is 1. The fourth-order valence-electron chi connectivity index (χ4n) is 3.76. The van der Waals surface area contributed by atoms with Gasteiger partial charge in [-0.05, 0) is 66.4 Å². The molecule has 1 aliphatic heterocycles. The molecule has 0 aromatic heterocycles. The fourth-order valence-corrected chi connectivity index (χ4v) is 3.76. The molecule has 3 aromatic rings. The summed E-state index contributed by atoms with van der Waals surface area (Å²) in [6.07, 6.45) is 0.489. The number of nitro benzene ring substituents is 1. The van der Waals surface area contributed by atoms with Crippen molar-refractivity contribution in [2.75, 3.05) is 17.7 Å². The molecule has 0 aliphatic carbocycles. The van der Waals surface area contributed by atoms with Crippen LogP contribution in [-0.4, -0.2) is 29.7 Å². The molecule has 1 amide bonds. The van der Waals surface area contributed by atoms with E-state index in [1.165, 1.54) is 20.1 Å². The monoisotopic (exact) mass is 489 g/mol. The van der Waals surface area contributed by atoms with E-state index in [2.05, 4.69) is 16.1 Å². The average molecular weight is 489 g/mol. The minimum absolute atomic E-state index is 0.0256. The van der Waals surface area contributed by atoms with Crippen molar-refractivity contribution in [1.82, 2.24) is 5.48 Å². The third-order valence-electron chi connectivity index (χ3n) is 5.51. The van der Waals surface area contributed by atoms with Crippen LogP contribution in [0, 0.1) is 15.5 Å². The molecule has 1 heterocycles. The zero-order valence-corrected chi connectivity index (χ0v) is 19.5. The van der Waals surface area contributed by atoms with E-state index in [1.54, 1.807) is 36.4 Å². The van der Waals surface area contributed by atoms with Crippen LogP contribution in [0.5, 0.6) is 5.75 Å². The van der Waals surface area contributed by atoms with E-state index in [9.17, 15) is 19.7 Å². The minimum Gasteiger partial charge on any atom is -0.490 e. The van der Waals surface area contributed by atoms with Crippen LogP contribution < -0.4 is 20.9 Å². The van der Waals surface area contributed by atoms with Crippen LogP contribution in [0.4, 0.5) is 22.7 Å². The van der Waals surface area contributed by atoms with Crippen LogP contribution in [0.15, 0.2) is 54.6 Å². The Labute approximate surface area is 206 Å². The van der Waals surface area contributed by atoms with Crippen molar-refractivity contribution in [3.8, 4) is 16.9 Å². The number of benzene rings is 3. The topological polar surface area (TPSA) is 156 Å². The molecule has 3 aromatic carbocycles. The number of ether oxygens (including phenoxy) is 1. The van der Waals surface area contributed by atoms with Gasteiger partial charge in [0.15, 0.2) is 5.75 Å². The maximum atomic E-state index is 12.9. The van der Waals surface area contributed by atoms with Gasteiger partial charge in [0.1, 0.15) is 5.84 Å². The fraction of sp³-hybridized carbons (Fsp3) is 0.160. The molecule has 4 N–H and O–H groups in total. The first-order chi connectivity index (χ1) is 17.2. The van der Waals surface area contributed by atoms with Crippen molar-refractivity contribution in [1.29, 1.82) is 5.41 Å². The SMILES string of the molecule is COc1cc(-c2ccc3c(c2)Nc2ccc(CCC(=O)ONC(C)=N)cc2NC3=O)ccc1[N+](=O)[O-]. The van der Waals surface area contributed by atoms with Crippen LogP contribution in [0.3, 0.4) is 0 Å². The molecule has 4 rings (SSSR count). The second-order valence-corrected chi connectivity index (χ2v) is 8.06. The van der Waals surface area contributed by atoms with Gasteiger partial charge in [-0.2, -0.15) is 0 Å².